The van der Waals surface area contributed by atoms with Crippen LogP contribution in [0.4, 0.5) is 13.2 Å². The first-order chi connectivity index (χ1) is 8.71. The van der Waals surface area contributed by atoms with Gasteiger partial charge in [-0.25, -0.2) is 0 Å². The molecular weight excluding hydrogens is 285 g/mol. The highest BCUT2D eigenvalue weighted by Crippen LogP contribution is 2.32. The van der Waals surface area contributed by atoms with E-state index in [0.29, 0.717) is 5.56 Å². The van der Waals surface area contributed by atoms with E-state index in [1.807, 2.05) is 0 Å². The molecule has 0 heterocycles. The maximum absolute atomic E-state index is 12.2. The van der Waals surface area contributed by atoms with Crippen molar-refractivity contribution in [3.63, 3.8) is 0 Å². The van der Waals surface area contributed by atoms with E-state index in [2.05, 4.69) is 4.18 Å². The molecule has 0 radical (unpaired) electrons. The van der Waals surface area contributed by atoms with Crippen LogP contribution in [-0.2, 0) is 25.5 Å². The SMILES string of the molecule is O=C1C=C(OS(=O)(=O)C(F)(F)F)c2ccccc2C1. The van der Waals surface area contributed by atoms with Gasteiger partial charge in [0.15, 0.2) is 11.5 Å². The molecule has 1 aliphatic carbocycles. The zero-order chi connectivity index (χ0) is 14.3. The Morgan fingerprint density at radius 2 is 1.79 bits per heavy atom. The van der Waals surface area contributed by atoms with Gasteiger partial charge in [0.05, 0.1) is 0 Å². The second-order valence-corrected chi connectivity index (χ2v) is 5.33. The second kappa shape index (κ2) is 4.37. The number of hydrogen-bond donors (Lipinski definition) is 0. The summed E-state index contributed by atoms with van der Waals surface area (Å²) in [4.78, 5) is 11.3. The number of fused-ring (bicyclic) bond motifs is 1. The quantitative estimate of drug-likeness (QED) is 0.618. The van der Waals surface area contributed by atoms with Crippen LogP contribution in [0.25, 0.3) is 5.76 Å². The number of carbonyl (C=O) groups is 1. The number of allylic oxidation sites excluding steroid dienone is 1. The van der Waals surface area contributed by atoms with E-state index < -0.39 is 27.2 Å². The van der Waals surface area contributed by atoms with Gasteiger partial charge < -0.3 is 4.18 Å². The lowest BCUT2D eigenvalue weighted by Gasteiger charge is -2.17. The Morgan fingerprint density at radius 3 is 2.42 bits per heavy atom. The van der Waals surface area contributed by atoms with Crippen molar-refractivity contribution < 1.29 is 30.6 Å². The van der Waals surface area contributed by atoms with Crippen molar-refractivity contribution in [3.05, 3.63) is 41.5 Å². The van der Waals surface area contributed by atoms with E-state index >= 15 is 0 Å². The molecule has 4 nitrogen and oxygen atoms in total. The van der Waals surface area contributed by atoms with E-state index in [9.17, 15) is 26.4 Å². The van der Waals surface area contributed by atoms with E-state index in [1.54, 1.807) is 6.07 Å². The molecule has 0 unspecified atom stereocenters. The molecule has 0 bridgehead atoms. The van der Waals surface area contributed by atoms with Crippen LogP contribution < -0.4 is 0 Å². The van der Waals surface area contributed by atoms with Crippen molar-refractivity contribution in [2.75, 3.05) is 0 Å². The summed E-state index contributed by atoms with van der Waals surface area (Å²) in [5.41, 5.74) is -4.96. The lowest BCUT2D eigenvalue weighted by molar-refractivity contribution is -0.114. The molecule has 0 atom stereocenters. The Bertz CT molecular complexity index is 659. The number of rotatable bonds is 2. The summed E-state index contributed by atoms with van der Waals surface area (Å²) in [5.74, 6) is -1.13. The van der Waals surface area contributed by atoms with Gasteiger partial charge in [-0.1, -0.05) is 24.3 Å². The smallest absolute Gasteiger partial charge is 0.375 e. The molecule has 0 saturated carbocycles. The summed E-state index contributed by atoms with van der Waals surface area (Å²) in [7, 11) is -5.78. The molecule has 0 fully saturated rings. The average molecular weight is 292 g/mol. The Kier molecular flexibility index (Phi) is 3.13. The molecule has 102 valence electrons. The molecule has 2 rings (SSSR count). The fourth-order valence-corrected chi connectivity index (χ4v) is 2.08. The van der Waals surface area contributed by atoms with Crippen LogP contribution in [0.1, 0.15) is 11.1 Å². The molecule has 0 aliphatic heterocycles. The van der Waals surface area contributed by atoms with Gasteiger partial charge in [-0.15, -0.1) is 0 Å². The monoisotopic (exact) mass is 292 g/mol. The fraction of sp³-hybridized carbons (Fsp3) is 0.182. The summed E-state index contributed by atoms with van der Waals surface area (Å²) in [6.45, 7) is 0. The van der Waals surface area contributed by atoms with Crippen LogP contribution in [0.2, 0.25) is 0 Å². The van der Waals surface area contributed by atoms with Crippen LogP contribution >= 0.6 is 0 Å². The van der Waals surface area contributed by atoms with E-state index in [4.69, 9.17) is 0 Å². The Morgan fingerprint density at radius 1 is 1.16 bits per heavy atom. The zero-order valence-electron chi connectivity index (χ0n) is 9.27. The van der Waals surface area contributed by atoms with Gasteiger partial charge >= 0.3 is 15.6 Å². The van der Waals surface area contributed by atoms with Gasteiger partial charge in [0.1, 0.15) is 0 Å². The van der Waals surface area contributed by atoms with Gasteiger partial charge in [0, 0.05) is 18.1 Å². The van der Waals surface area contributed by atoms with Crippen LogP contribution in [0.3, 0.4) is 0 Å². The molecule has 1 aromatic carbocycles. The molecule has 0 aromatic heterocycles. The number of carbonyl (C=O) groups excluding carboxylic acids is 1. The maximum Gasteiger partial charge on any atom is 0.534 e. The molecule has 0 amide bonds. The second-order valence-electron chi connectivity index (χ2n) is 3.79. The first-order valence-corrected chi connectivity index (χ1v) is 6.45. The lowest BCUT2D eigenvalue weighted by atomic mass is 9.95. The molecule has 19 heavy (non-hydrogen) atoms. The fourth-order valence-electron chi connectivity index (χ4n) is 1.61. The van der Waals surface area contributed by atoms with E-state index in [1.165, 1.54) is 18.2 Å². The predicted molar refractivity (Wildman–Crippen MR) is 59.2 cm³/mol. The third-order valence-corrected chi connectivity index (χ3v) is 3.39. The Labute approximate surface area is 106 Å². The standard InChI is InChI=1S/C11H7F3O4S/c12-11(13,14)19(16,17)18-10-6-8(15)5-7-3-1-2-4-9(7)10/h1-4,6H,5H2. The van der Waals surface area contributed by atoms with E-state index in [0.717, 1.165) is 6.08 Å². The summed E-state index contributed by atoms with van der Waals surface area (Å²) < 4.78 is 62.6. The largest absolute Gasteiger partial charge is 0.534 e. The van der Waals surface area contributed by atoms with Gasteiger partial charge in [0.2, 0.25) is 0 Å². The number of benzene rings is 1. The van der Waals surface area contributed by atoms with Gasteiger partial charge in [-0.05, 0) is 5.56 Å². The van der Waals surface area contributed by atoms with Crippen LogP contribution in [-0.4, -0.2) is 19.7 Å². The minimum absolute atomic E-state index is 0.00486. The molecule has 0 saturated heterocycles. The number of halogens is 3. The zero-order valence-corrected chi connectivity index (χ0v) is 10.1. The Hall–Kier alpha value is -1.83. The van der Waals surface area contributed by atoms with E-state index in [-0.39, 0.29) is 12.0 Å². The highest BCUT2D eigenvalue weighted by atomic mass is 32.2. The minimum Gasteiger partial charge on any atom is -0.375 e. The third kappa shape index (κ3) is 2.62. The van der Waals surface area contributed by atoms with Crippen LogP contribution in [0.15, 0.2) is 30.3 Å². The third-order valence-electron chi connectivity index (χ3n) is 2.42. The molecule has 0 spiro atoms. The highest BCUT2D eigenvalue weighted by Gasteiger charge is 2.49. The first kappa shape index (κ1) is 13.6. The van der Waals surface area contributed by atoms with Crippen molar-refractivity contribution in [1.29, 1.82) is 0 Å². The van der Waals surface area contributed by atoms with Crippen molar-refractivity contribution >= 4 is 21.7 Å². The molecule has 1 aromatic rings. The molecule has 8 heteroatoms. The van der Waals surface area contributed by atoms with Crippen LogP contribution in [0, 0.1) is 0 Å². The predicted octanol–water partition coefficient (Wildman–Crippen LogP) is 2.02. The van der Waals surface area contributed by atoms with Gasteiger partial charge in [-0.3, -0.25) is 4.79 Å². The minimum atomic E-state index is -5.78. The highest BCUT2D eigenvalue weighted by molar-refractivity contribution is 7.87. The number of hydrogen-bond acceptors (Lipinski definition) is 4. The van der Waals surface area contributed by atoms with Gasteiger partial charge in [0.25, 0.3) is 0 Å². The van der Waals surface area contributed by atoms with Crippen molar-refractivity contribution in [3.8, 4) is 0 Å². The number of ketones is 1. The van der Waals surface area contributed by atoms with Crippen molar-refractivity contribution in [2.45, 2.75) is 11.9 Å². The summed E-state index contributed by atoms with van der Waals surface area (Å²) in [6.07, 6.45) is 0.751. The van der Waals surface area contributed by atoms with Crippen molar-refractivity contribution in [1.82, 2.24) is 0 Å². The lowest BCUT2D eigenvalue weighted by Crippen LogP contribution is -2.26. The Balaban J connectivity index is 2.43. The molecular formula is C11H7F3O4S. The maximum atomic E-state index is 12.2. The first-order valence-electron chi connectivity index (χ1n) is 5.04. The summed E-state index contributed by atoms with van der Waals surface area (Å²) in [5, 5.41) is 0. The van der Waals surface area contributed by atoms with Gasteiger partial charge in [-0.2, -0.15) is 21.6 Å². The molecule has 1 aliphatic rings. The summed E-state index contributed by atoms with van der Waals surface area (Å²) in [6, 6.07) is 6.00. The van der Waals surface area contributed by atoms with Crippen LogP contribution in [0.5, 0.6) is 0 Å². The summed E-state index contributed by atoms with van der Waals surface area (Å²) >= 11 is 0. The average Bonchev–Trinajstić information content (AvgIpc) is 2.26. The normalized spacial score (nSPS) is 15.7. The molecule has 0 N–H and O–H groups in total. The topological polar surface area (TPSA) is 60.4 Å². The van der Waals surface area contributed by atoms with Crippen molar-refractivity contribution in [2.24, 2.45) is 0 Å². The number of alkyl halides is 3.